The molecule has 2 aromatic rings. The number of nitro groups is 1. The molecular formula is C20H19N3O5. The Balaban J connectivity index is 2.06. The van der Waals surface area contributed by atoms with Crippen LogP contribution in [0.4, 0.5) is 11.4 Å². The lowest BCUT2D eigenvalue weighted by molar-refractivity contribution is -0.384. The predicted octanol–water partition coefficient (Wildman–Crippen LogP) is 3.21. The van der Waals surface area contributed by atoms with Crippen molar-refractivity contribution in [3.05, 3.63) is 69.9 Å². The Morgan fingerprint density at radius 1 is 1.11 bits per heavy atom. The van der Waals surface area contributed by atoms with Gasteiger partial charge in [0.15, 0.2) is 0 Å². The monoisotopic (exact) mass is 381 g/mol. The molecule has 28 heavy (non-hydrogen) atoms. The number of ether oxygens (including phenoxy) is 1. The summed E-state index contributed by atoms with van der Waals surface area (Å²) in [7, 11) is 1.54. The molecule has 0 bridgehead atoms. The van der Waals surface area contributed by atoms with Gasteiger partial charge in [0.05, 0.1) is 17.6 Å². The third kappa shape index (κ3) is 3.57. The van der Waals surface area contributed by atoms with E-state index in [-0.39, 0.29) is 23.5 Å². The number of hydrogen-bond acceptors (Lipinski definition) is 6. The normalized spacial score (nSPS) is 13.9. The van der Waals surface area contributed by atoms with Crippen molar-refractivity contribution in [2.75, 3.05) is 19.0 Å². The molecule has 0 aromatic heterocycles. The standard InChI is InChI=1S/C20H19N3O5/c1-3-11-22-19(24)17(13-7-9-15(10-8-13)23(26)27)18(20(22)25)21-14-5-4-6-16(12-14)28-2/h4-10,12,21H,3,11H2,1-2H3. The molecule has 8 heteroatoms. The summed E-state index contributed by atoms with van der Waals surface area (Å²) in [6.07, 6.45) is 0.622. The number of imide groups is 1. The number of benzene rings is 2. The van der Waals surface area contributed by atoms with Crippen LogP contribution in [0.1, 0.15) is 18.9 Å². The highest BCUT2D eigenvalue weighted by molar-refractivity contribution is 6.36. The third-order valence-corrected chi connectivity index (χ3v) is 4.32. The van der Waals surface area contributed by atoms with Crippen LogP contribution in [0.2, 0.25) is 0 Å². The zero-order valence-electron chi connectivity index (χ0n) is 15.5. The number of carbonyl (C=O) groups excluding carboxylic acids is 2. The largest absolute Gasteiger partial charge is 0.497 e. The van der Waals surface area contributed by atoms with Crippen molar-refractivity contribution in [2.24, 2.45) is 0 Å². The Labute approximate surface area is 161 Å². The van der Waals surface area contributed by atoms with Gasteiger partial charge in [-0.25, -0.2) is 0 Å². The van der Waals surface area contributed by atoms with Gasteiger partial charge in [0.25, 0.3) is 17.5 Å². The van der Waals surface area contributed by atoms with E-state index in [1.807, 2.05) is 6.92 Å². The fraction of sp³-hybridized carbons (Fsp3) is 0.200. The van der Waals surface area contributed by atoms with Gasteiger partial charge in [-0.05, 0) is 36.2 Å². The van der Waals surface area contributed by atoms with E-state index in [2.05, 4.69) is 5.32 Å². The summed E-state index contributed by atoms with van der Waals surface area (Å²) in [6.45, 7) is 2.16. The molecule has 8 nitrogen and oxygen atoms in total. The highest BCUT2D eigenvalue weighted by atomic mass is 16.6. The second-order valence-electron chi connectivity index (χ2n) is 6.17. The molecule has 144 valence electrons. The maximum Gasteiger partial charge on any atom is 0.278 e. The molecule has 0 aliphatic carbocycles. The number of carbonyl (C=O) groups is 2. The molecule has 3 rings (SSSR count). The Hall–Kier alpha value is -3.68. The number of rotatable bonds is 7. The van der Waals surface area contributed by atoms with Crippen molar-refractivity contribution in [2.45, 2.75) is 13.3 Å². The molecule has 1 N–H and O–H groups in total. The molecule has 0 atom stereocenters. The Morgan fingerprint density at radius 2 is 1.82 bits per heavy atom. The van der Waals surface area contributed by atoms with E-state index < -0.39 is 16.7 Å². The molecule has 0 unspecified atom stereocenters. The molecule has 0 saturated carbocycles. The lowest BCUT2D eigenvalue weighted by Crippen LogP contribution is -2.33. The van der Waals surface area contributed by atoms with E-state index in [0.717, 1.165) is 0 Å². The zero-order valence-corrected chi connectivity index (χ0v) is 15.5. The van der Waals surface area contributed by atoms with E-state index in [1.165, 1.54) is 36.3 Å². The van der Waals surface area contributed by atoms with Crippen LogP contribution in [0.25, 0.3) is 5.57 Å². The molecule has 1 aliphatic rings. The maximum absolute atomic E-state index is 12.9. The van der Waals surface area contributed by atoms with Gasteiger partial charge < -0.3 is 10.1 Å². The van der Waals surface area contributed by atoms with E-state index in [0.29, 0.717) is 23.4 Å². The first-order valence-electron chi connectivity index (χ1n) is 8.72. The van der Waals surface area contributed by atoms with Crippen LogP contribution in [-0.4, -0.2) is 35.3 Å². The summed E-state index contributed by atoms with van der Waals surface area (Å²) >= 11 is 0. The highest BCUT2D eigenvalue weighted by Gasteiger charge is 2.38. The summed E-state index contributed by atoms with van der Waals surface area (Å²) in [5.41, 5.74) is 1.27. The van der Waals surface area contributed by atoms with Crippen molar-refractivity contribution >= 4 is 28.8 Å². The Morgan fingerprint density at radius 3 is 2.43 bits per heavy atom. The molecule has 2 amide bonds. The van der Waals surface area contributed by atoms with Gasteiger partial charge in [0.1, 0.15) is 11.4 Å². The fourth-order valence-electron chi connectivity index (χ4n) is 2.98. The molecular weight excluding hydrogens is 362 g/mol. The molecule has 0 radical (unpaired) electrons. The lowest BCUT2D eigenvalue weighted by atomic mass is 10.0. The first-order valence-corrected chi connectivity index (χ1v) is 8.72. The molecule has 0 fully saturated rings. The number of methoxy groups -OCH3 is 1. The van der Waals surface area contributed by atoms with E-state index in [4.69, 9.17) is 4.74 Å². The average molecular weight is 381 g/mol. The van der Waals surface area contributed by atoms with Crippen LogP contribution in [0.3, 0.4) is 0 Å². The summed E-state index contributed by atoms with van der Waals surface area (Å²) in [4.78, 5) is 37.3. The zero-order chi connectivity index (χ0) is 20.3. The number of nitro benzene ring substituents is 1. The minimum Gasteiger partial charge on any atom is -0.497 e. The third-order valence-electron chi connectivity index (χ3n) is 4.32. The lowest BCUT2D eigenvalue weighted by Gasteiger charge is -2.14. The van der Waals surface area contributed by atoms with Gasteiger partial charge in [-0.3, -0.25) is 24.6 Å². The van der Waals surface area contributed by atoms with Gasteiger partial charge in [-0.2, -0.15) is 0 Å². The van der Waals surface area contributed by atoms with E-state index in [9.17, 15) is 19.7 Å². The summed E-state index contributed by atoms with van der Waals surface area (Å²) in [5.74, 6) is -0.251. The van der Waals surface area contributed by atoms with Crippen LogP contribution in [-0.2, 0) is 9.59 Å². The van der Waals surface area contributed by atoms with Crippen molar-refractivity contribution in [3.63, 3.8) is 0 Å². The maximum atomic E-state index is 12.9. The SMILES string of the molecule is CCCN1C(=O)C(Nc2cccc(OC)c2)=C(c2ccc([N+](=O)[O-])cc2)C1=O. The molecule has 1 aliphatic heterocycles. The first kappa shape index (κ1) is 19.1. The van der Waals surface area contributed by atoms with Gasteiger partial charge in [-0.1, -0.05) is 13.0 Å². The Kier molecular flexibility index (Phi) is 5.39. The topological polar surface area (TPSA) is 102 Å². The van der Waals surface area contributed by atoms with E-state index >= 15 is 0 Å². The summed E-state index contributed by atoms with van der Waals surface area (Å²) in [6, 6.07) is 12.6. The van der Waals surface area contributed by atoms with Crippen LogP contribution in [0.15, 0.2) is 54.2 Å². The Bertz CT molecular complexity index is 966. The number of anilines is 1. The van der Waals surface area contributed by atoms with Gasteiger partial charge >= 0.3 is 0 Å². The first-order chi connectivity index (χ1) is 13.5. The molecule has 1 heterocycles. The number of nitrogens with one attached hydrogen (secondary N) is 1. The summed E-state index contributed by atoms with van der Waals surface area (Å²) < 4.78 is 5.19. The highest BCUT2D eigenvalue weighted by Crippen LogP contribution is 2.32. The number of hydrogen-bond donors (Lipinski definition) is 1. The van der Waals surface area contributed by atoms with Crippen LogP contribution < -0.4 is 10.1 Å². The molecule has 0 spiro atoms. The van der Waals surface area contributed by atoms with Crippen molar-refractivity contribution < 1.29 is 19.2 Å². The quantitative estimate of drug-likeness (QED) is 0.449. The number of non-ortho nitro benzene ring substituents is 1. The van der Waals surface area contributed by atoms with Crippen molar-refractivity contribution in [1.29, 1.82) is 0 Å². The van der Waals surface area contributed by atoms with Gasteiger partial charge in [-0.15, -0.1) is 0 Å². The van der Waals surface area contributed by atoms with Gasteiger partial charge in [0, 0.05) is 30.4 Å². The average Bonchev–Trinajstić information content (AvgIpc) is 2.93. The fourth-order valence-corrected chi connectivity index (χ4v) is 2.98. The minimum absolute atomic E-state index is 0.0890. The smallest absolute Gasteiger partial charge is 0.278 e. The van der Waals surface area contributed by atoms with Crippen LogP contribution in [0.5, 0.6) is 5.75 Å². The van der Waals surface area contributed by atoms with Crippen LogP contribution >= 0.6 is 0 Å². The van der Waals surface area contributed by atoms with Crippen LogP contribution in [0, 0.1) is 10.1 Å². The molecule has 0 saturated heterocycles. The van der Waals surface area contributed by atoms with Crippen molar-refractivity contribution in [1.82, 2.24) is 4.90 Å². The summed E-state index contributed by atoms with van der Waals surface area (Å²) in [5, 5.41) is 13.9. The van der Waals surface area contributed by atoms with Gasteiger partial charge in [0.2, 0.25) is 0 Å². The van der Waals surface area contributed by atoms with E-state index in [1.54, 1.807) is 24.3 Å². The molecule has 2 aromatic carbocycles. The number of amides is 2. The number of nitrogens with zero attached hydrogens (tertiary/aromatic N) is 2. The second kappa shape index (κ2) is 7.91. The predicted molar refractivity (Wildman–Crippen MR) is 104 cm³/mol. The minimum atomic E-state index is -0.515. The van der Waals surface area contributed by atoms with Crippen molar-refractivity contribution in [3.8, 4) is 5.75 Å². The second-order valence-corrected chi connectivity index (χ2v) is 6.17.